The Bertz CT molecular complexity index is 1410. The maximum Gasteiger partial charge on any atom is 0.306 e. The Hall–Kier alpha value is -3.67. The number of ether oxygens (including phenoxy) is 3. The third-order valence-electron chi connectivity index (χ3n) is 12.6. The van der Waals surface area contributed by atoms with Crippen LogP contribution in [0.1, 0.15) is 278 Å². The number of unbranched alkanes of at least 4 members (excludes halogenated alkanes) is 26. The fourth-order valence-electron chi connectivity index (χ4n) is 8.19. The summed E-state index contributed by atoms with van der Waals surface area (Å²) in [5.41, 5.74) is 0. The SMILES string of the molecule is CC/C=C\C/C=C\C/C=C\C/C=C\CCCCCCC(=O)OC[C@H](COC(=O)CCCCCCCCCCCCCCCCCCCCC)OC(=O)CCCCCC/C=C\C/C=C\C/C=C\C/C=C\CC. The van der Waals surface area contributed by atoms with Gasteiger partial charge in [-0.15, -0.1) is 0 Å². The molecule has 0 N–H and O–H groups in total. The molecule has 0 unspecified atom stereocenters. The number of esters is 3. The van der Waals surface area contributed by atoms with Gasteiger partial charge in [0.05, 0.1) is 0 Å². The zero-order valence-corrected chi connectivity index (χ0v) is 46.5. The summed E-state index contributed by atoms with van der Waals surface area (Å²) in [5, 5.41) is 0. The summed E-state index contributed by atoms with van der Waals surface area (Å²) in [6.07, 6.45) is 78.3. The summed E-state index contributed by atoms with van der Waals surface area (Å²) < 4.78 is 16.9. The van der Waals surface area contributed by atoms with E-state index in [1.807, 2.05) is 0 Å². The first-order valence-electron chi connectivity index (χ1n) is 29.7. The molecule has 0 bridgehead atoms. The van der Waals surface area contributed by atoms with E-state index in [-0.39, 0.29) is 31.1 Å². The quantitative estimate of drug-likeness (QED) is 0.0261. The molecule has 0 aliphatic carbocycles. The molecule has 0 spiro atoms. The van der Waals surface area contributed by atoms with Gasteiger partial charge in [-0.1, -0.05) is 259 Å². The van der Waals surface area contributed by atoms with Crippen molar-refractivity contribution in [2.24, 2.45) is 0 Å². The van der Waals surface area contributed by atoms with E-state index in [0.717, 1.165) is 135 Å². The number of carbonyl (C=O) groups excluding carboxylic acids is 3. The van der Waals surface area contributed by atoms with Crippen LogP contribution in [-0.4, -0.2) is 37.2 Å². The molecule has 0 radical (unpaired) electrons. The molecular weight excluding hydrogens is 877 g/mol. The van der Waals surface area contributed by atoms with Gasteiger partial charge >= 0.3 is 17.9 Å². The first kappa shape index (κ1) is 67.3. The summed E-state index contributed by atoms with van der Waals surface area (Å²) in [4.78, 5) is 38.2. The second kappa shape index (κ2) is 58.9. The lowest BCUT2D eigenvalue weighted by Crippen LogP contribution is -2.30. The van der Waals surface area contributed by atoms with E-state index in [0.29, 0.717) is 19.3 Å². The molecule has 0 aromatic rings. The van der Waals surface area contributed by atoms with Crippen molar-refractivity contribution >= 4 is 17.9 Å². The zero-order chi connectivity index (χ0) is 51.4. The Labute approximate surface area is 438 Å². The third kappa shape index (κ3) is 57.1. The molecule has 1 atom stereocenters. The number of allylic oxidation sites excluding steroid dienone is 16. The molecule has 0 aliphatic rings. The summed E-state index contributed by atoms with van der Waals surface area (Å²) in [5.74, 6) is -0.936. The van der Waals surface area contributed by atoms with E-state index in [2.05, 4.69) is 118 Å². The van der Waals surface area contributed by atoms with Crippen molar-refractivity contribution in [2.75, 3.05) is 13.2 Å². The molecule has 0 fully saturated rings. The molecule has 0 saturated carbocycles. The average molecular weight is 988 g/mol. The normalized spacial score (nSPS) is 12.8. The number of hydrogen-bond donors (Lipinski definition) is 0. The highest BCUT2D eigenvalue weighted by atomic mass is 16.6. The van der Waals surface area contributed by atoms with Gasteiger partial charge in [0, 0.05) is 19.3 Å². The maximum atomic E-state index is 12.9. The predicted molar refractivity (Wildman–Crippen MR) is 307 cm³/mol. The van der Waals surface area contributed by atoms with Crippen LogP contribution >= 0.6 is 0 Å². The van der Waals surface area contributed by atoms with Gasteiger partial charge in [-0.05, 0) is 96.3 Å². The van der Waals surface area contributed by atoms with Gasteiger partial charge in [0.2, 0.25) is 0 Å². The molecule has 6 nitrogen and oxygen atoms in total. The standard InChI is InChI=1S/C65H110O6/c1-4-7-10-13-16-19-22-25-28-31-32-35-37-40-43-46-49-52-55-58-64(67)70-61-62(71-65(68)59-56-53-50-47-44-41-38-34-30-27-24-21-18-15-12-9-6-3)60-69-63(66)57-54-51-48-45-42-39-36-33-29-26-23-20-17-14-11-8-5-2/h8-9,11-12,17-18,20-21,26-27,29-30,36,38-39,41,62H,4-7,10,13-16,19,22-25,28,31-35,37,40,42-61H2,1-3H3/b11-8-,12-9-,20-17-,21-18-,29-26-,30-27-,39-36-,41-38-/t62-/m1/s1. The smallest absolute Gasteiger partial charge is 0.306 e. The van der Waals surface area contributed by atoms with Gasteiger partial charge in [-0.25, -0.2) is 0 Å². The van der Waals surface area contributed by atoms with E-state index in [9.17, 15) is 14.4 Å². The second-order valence-electron chi connectivity index (χ2n) is 19.5. The minimum atomic E-state index is -0.801. The molecule has 0 amide bonds. The summed E-state index contributed by atoms with van der Waals surface area (Å²) in [6, 6.07) is 0. The molecule has 0 aliphatic heterocycles. The Morgan fingerprint density at radius 3 is 0.859 bits per heavy atom. The fourth-order valence-corrected chi connectivity index (χ4v) is 8.19. The maximum absolute atomic E-state index is 12.9. The molecule has 0 saturated heterocycles. The van der Waals surface area contributed by atoms with E-state index in [4.69, 9.17) is 14.2 Å². The summed E-state index contributed by atoms with van der Waals surface area (Å²) in [7, 11) is 0. The van der Waals surface area contributed by atoms with Crippen molar-refractivity contribution in [3.05, 3.63) is 97.2 Å². The van der Waals surface area contributed by atoms with Crippen molar-refractivity contribution in [3.8, 4) is 0 Å². The van der Waals surface area contributed by atoms with Crippen molar-refractivity contribution in [1.82, 2.24) is 0 Å². The van der Waals surface area contributed by atoms with Crippen LogP contribution in [0.15, 0.2) is 97.2 Å². The molecule has 0 aromatic carbocycles. The second-order valence-corrected chi connectivity index (χ2v) is 19.5. The zero-order valence-electron chi connectivity index (χ0n) is 46.5. The molecule has 0 heterocycles. The van der Waals surface area contributed by atoms with Crippen LogP contribution in [-0.2, 0) is 28.6 Å². The first-order chi connectivity index (χ1) is 35.0. The number of hydrogen-bond acceptors (Lipinski definition) is 6. The van der Waals surface area contributed by atoms with Crippen LogP contribution in [0.2, 0.25) is 0 Å². The van der Waals surface area contributed by atoms with Crippen LogP contribution in [0.4, 0.5) is 0 Å². The summed E-state index contributed by atoms with van der Waals surface area (Å²) in [6.45, 7) is 6.39. The van der Waals surface area contributed by atoms with Gasteiger partial charge in [0.15, 0.2) is 6.10 Å². The van der Waals surface area contributed by atoms with Crippen LogP contribution in [0.5, 0.6) is 0 Å². The van der Waals surface area contributed by atoms with Crippen LogP contribution < -0.4 is 0 Å². The molecule has 406 valence electrons. The number of rotatable bonds is 53. The van der Waals surface area contributed by atoms with Gasteiger partial charge in [-0.2, -0.15) is 0 Å². The van der Waals surface area contributed by atoms with Crippen molar-refractivity contribution in [3.63, 3.8) is 0 Å². The molecular formula is C65H110O6. The van der Waals surface area contributed by atoms with Crippen LogP contribution in [0.3, 0.4) is 0 Å². The molecule has 0 aromatic heterocycles. The minimum absolute atomic E-state index is 0.0941. The molecule has 6 heteroatoms. The van der Waals surface area contributed by atoms with E-state index in [1.165, 1.54) is 103 Å². The third-order valence-corrected chi connectivity index (χ3v) is 12.6. The van der Waals surface area contributed by atoms with Crippen molar-refractivity contribution < 1.29 is 28.6 Å². The monoisotopic (exact) mass is 987 g/mol. The van der Waals surface area contributed by atoms with E-state index < -0.39 is 6.10 Å². The van der Waals surface area contributed by atoms with Crippen LogP contribution in [0, 0.1) is 0 Å². The lowest BCUT2D eigenvalue weighted by atomic mass is 10.0. The Kier molecular flexibility index (Phi) is 55.9. The van der Waals surface area contributed by atoms with Gasteiger partial charge in [0.25, 0.3) is 0 Å². The molecule has 0 rings (SSSR count). The van der Waals surface area contributed by atoms with E-state index in [1.54, 1.807) is 0 Å². The topological polar surface area (TPSA) is 78.9 Å². The average Bonchev–Trinajstić information content (AvgIpc) is 3.37. The van der Waals surface area contributed by atoms with Crippen molar-refractivity contribution in [2.45, 2.75) is 284 Å². The Morgan fingerprint density at radius 1 is 0.296 bits per heavy atom. The van der Waals surface area contributed by atoms with Crippen molar-refractivity contribution in [1.29, 1.82) is 0 Å². The highest BCUT2D eigenvalue weighted by Gasteiger charge is 2.19. The first-order valence-corrected chi connectivity index (χ1v) is 29.7. The number of carbonyl (C=O) groups is 3. The van der Waals surface area contributed by atoms with Gasteiger partial charge in [0.1, 0.15) is 13.2 Å². The largest absolute Gasteiger partial charge is 0.462 e. The highest BCUT2D eigenvalue weighted by molar-refractivity contribution is 5.71. The summed E-state index contributed by atoms with van der Waals surface area (Å²) >= 11 is 0. The van der Waals surface area contributed by atoms with E-state index >= 15 is 0 Å². The Morgan fingerprint density at radius 2 is 0.549 bits per heavy atom. The Balaban J connectivity index is 4.44. The van der Waals surface area contributed by atoms with Gasteiger partial charge in [-0.3, -0.25) is 14.4 Å². The molecule has 71 heavy (non-hydrogen) atoms. The lowest BCUT2D eigenvalue weighted by molar-refractivity contribution is -0.167. The van der Waals surface area contributed by atoms with Gasteiger partial charge < -0.3 is 14.2 Å². The predicted octanol–water partition coefficient (Wildman–Crippen LogP) is 20.1. The lowest BCUT2D eigenvalue weighted by Gasteiger charge is -2.18. The minimum Gasteiger partial charge on any atom is -0.462 e. The fraction of sp³-hybridized carbons (Fsp3) is 0.708. The highest BCUT2D eigenvalue weighted by Crippen LogP contribution is 2.16. The van der Waals surface area contributed by atoms with Crippen LogP contribution in [0.25, 0.3) is 0 Å².